The van der Waals surface area contributed by atoms with Gasteiger partial charge in [-0.15, -0.1) is 24.0 Å². The van der Waals surface area contributed by atoms with E-state index in [0.717, 1.165) is 5.69 Å². The summed E-state index contributed by atoms with van der Waals surface area (Å²) in [4.78, 5) is 8.22. The Balaban J connectivity index is 0.00000256. The summed E-state index contributed by atoms with van der Waals surface area (Å²) < 4.78 is 4.87. The van der Waals surface area contributed by atoms with Gasteiger partial charge in [0.25, 0.3) is 0 Å². The van der Waals surface area contributed by atoms with Crippen molar-refractivity contribution in [1.29, 1.82) is 0 Å². The average molecular weight is 371 g/mol. The van der Waals surface area contributed by atoms with E-state index >= 15 is 0 Å². The van der Waals surface area contributed by atoms with E-state index in [1.165, 1.54) is 0 Å². The van der Waals surface area contributed by atoms with Crippen molar-refractivity contribution in [2.75, 3.05) is 20.3 Å². The van der Waals surface area contributed by atoms with Gasteiger partial charge in [-0.05, 0) is 12.1 Å². The van der Waals surface area contributed by atoms with Crippen LogP contribution in [0.1, 0.15) is 5.69 Å². The summed E-state index contributed by atoms with van der Waals surface area (Å²) in [6, 6.07) is 3.59. The second kappa shape index (κ2) is 9.43. The monoisotopic (exact) mass is 370 g/mol. The normalized spacial score (nSPS) is 10.8. The van der Waals surface area contributed by atoms with E-state index in [4.69, 9.17) is 22.1 Å². The number of nitrogens with one attached hydrogen (secondary N) is 1. The summed E-state index contributed by atoms with van der Waals surface area (Å²) >= 11 is 5.71. The van der Waals surface area contributed by atoms with Gasteiger partial charge in [-0.3, -0.25) is 4.98 Å². The lowest BCUT2D eigenvalue weighted by Gasteiger charge is -2.04. The lowest BCUT2D eigenvalue weighted by molar-refractivity contribution is 0.204. The van der Waals surface area contributed by atoms with Crippen LogP contribution in [-0.4, -0.2) is 31.2 Å². The largest absolute Gasteiger partial charge is 0.383 e. The minimum atomic E-state index is 0. The zero-order valence-electron chi connectivity index (χ0n) is 9.52. The number of ether oxygens (including phenoxy) is 1. The molecule has 0 amide bonds. The molecular weight excluding hydrogens is 354 g/mol. The Morgan fingerprint density at radius 3 is 2.94 bits per heavy atom. The SMILES string of the molecule is COCCNC(N)=NCc1ccc(Cl)cn1.I. The van der Waals surface area contributed by atoms with Crippen molar-refractivity contribution in [3.63, 3.8) is 0 Å². The molecule has 0 aliphatic rings. The lowest BCUT2D eigenvalue weighted by atomic mass is 10.3. The molecule has 1 rings (SSSR count). The van der Waals surface area contributed by atoms with Crippen LogP contribution in [0.2, 0.25) is 5.02 Å². The number of aromatic nitrogens is 1. The molecule has 96 valence electrons. The smallest absolute Gasteiger partial charge is 0.189 e. The molecule has 0 bridgehead atoms. The van der Waals surface area contributed by atoms with Gasteiger partial charge >= 0.3 is 0 Å². The second-order valence-corrected chi connectivity index (χ2v) is 3.53. The fourth-order valence-corrected chi connectivity index (χ4v) is 1.12. The van der Waals surface area contributed by atoms with Crippen LogP contribution < -0.4 is 11.1 Å². The molecule has 7 heteroatoms. The molecule has 0 radical (unpaired) electrons. The predicted octanol–water partition coefficient (Wildman–Crippen LogP) is 1.40. The van der Waals surface area contributed by atoms with E-state index in [1.807, 2.05) is 6.07 Å². The van der Waals surface area contributed by atoms with Gasteiger partial charge in [0.05, 0.1) is 23.9 Å². The third-order valence-corrected chi connectivity index (χ3v) is 2.04. The van der Waals surface area contributed by atoms with Gasteiger partial charge in [0.1, 0.15) is 0 Å². The van der Waals surface area contributed by atoms with Gasteiger partial charge in [-0.25, -0.2) is 4.99 Å². The first-order valence-corrected chi connectivity index (χ1v) is 5.23. The van der Waals surface area contributed by atoms with E-state index in [1.54, 1.807) is 19.4 Å². The molecule has 3 N–H and O–H groups in total. The lowest BCUT2D eigenvalue weighted by Crippen LogP contribution is -2.34. The summed E-state index contributed by atoms with van der Waals surface area (Å²) in [5.74, 6) is 0.383. The minimum Gasteiger partial charge on any atom is -0.383 e. The molecule has 0 unspecified atom stereocenters. The Bertz CT molecular complexity index is 345. The maximum atomic E-state index is 5.71. The van der Waals surface area contributed by atoms with Crippen LogP contribution in [0.15, 0.2) is 23.3 Å². The molecule has 0 aromatic carbocycles. The fraction of sp³-hybridized carbons (Fsp3) is 0.400. The van der Waals surface area contributed by atoms with Gasteiger partial charge in [-0.2, -0.15) is 0 Å². The Labute approximate surface area is 123 Å². The van der Waals surface area contributed by atoms with Crippen LogP contribution in [0.25, 0.3) is 0 Å². The molecule has 1 heterocycles. The minimum absolute atomic E-state index is 0. The van der Waals surface area contributed by atoms with E-state index in [9.17, 15) is 0 Å². The maximum absolute atomic E-state index is 5.71. The highest BCUT2D eigenvalue weighted by Crippen LogP contribution is 2.06. The number of halogens is 2. The number of pyridine rings is 1. The summed E-state index contributed by atoms with van der Waals surface area (Å²) in [7, 11) is 1.63. The molecule has 0 fully saturated rings. The molecule has 0 atom stereocenters. The van der Waals surface area contributed by atoms with Gasteiger partial charge < -0.3 is 15.8 Å². The highest BCUT2D eigenvalue weighted by atomic mass is 127. The fourth-order valence-electron chi connectivity index (χ4n) is 1.00. The van der Waals surface area contributed by atoms with Crippen molar-refractivity contribution in [1.82, 2.24) is 10.3 Å². The van der Waals surface area contributed by atoms with Crippen LogP contribution >= 0.6 is 35.6 Å². The van der Waals surface area contributed by atoms with Crippen molar-refractivity contribution < 1.29 is 4.74 Å². The van der Waals surface area contributed by atoms with E-state index in [0.29, 0.717) is 30.7 Å². The number of guanidine groups is 1. The Morgan fingerprint density at radius 2 is 2.35 bits per heavy atom. The number of hydrogen-bond donors (Lipinski definition) is 2. The van der Waals surface area contributed by atoms with Crippen LogP contribution in [0.3, 0.4) is 0 Å². The third kappa shape index (κ3) is 7.35. The highest BCUT2D eigenvalue weighted by Gasteiger charge is 1.94. The summed E-state index contributed by atoms with van der Waals surface area (Å²) in [5.41, 5.74) is 6.44. The molecule has 0 spiro atoms. The molecular formula is C10H16ClIN4O. The summed E-state index contributed by atoms with van der Waals surface area (Å²) in [6.45, 7) is 1.66. The number of hydrogen-bond acceptors (Lipinski definition) is 3. The van der Waals surface area contributed by atoms with Gasteiger partial charge in [0, 0.05) is 19.9 Å². The molecule has 0 aliphatic carbocycles. The van der Waals surface area contributed by atoms with Crippen molar-refractivity contribution in [2.24, 2.45) is 10.7 Å². The Morgan fingerprint density at radius 1 is 1.59 bits per heavy atom. The number of nitrogens with two attached hydrogens (primary N) is 1. The number of rotatable bonds is 5. The standard InChI is InChI=1S/C10H15ClN4O.HI/c1-16-5-4-13-10(12)15-7-9-3-2-8(11)6-14-9;/h2-3,6H,4-5,7H2,1H3,(H3,12,13,15);1H. The van der Waals surface area contributed by atoms with E-state index < -0.39 is 0 Å². The molecule has 0 aliphatic heterocycles. The first-order chi connectivity index (χ1) is 7.72. The molecule has 1 aromatic rings. The highest BCUT2D eigenvalue weighted by molar-refractivity contribution is 14.0. The van der Waals surface area contributed by atoms with Crippen molar-refractivity contribution in [3.05, 3.63) is 29.0 Å². The topological polar surface area (TPSA) is 72.5 Å². The van der Waals surface area contributed by atoms with Crippen molar-refractivity contribution >= 4 is 41.5 Å². The summed E-state index contributed by atoms with van der Waals surface area (Å²) in [6.07, 6.45) is 1.58. The van der Waals surface area contributed by atoms with Gasteiger partial charge in [0.2, 0.25) is 0 Å². The Hall–Kier alpha value is -0.600. The quantitative estimate of drug-likeness (QED) is 0.356. The van der Waals surface area contributed by atoms with E-state index in [2.05, 4.69) is 15.3 Å². The second-order valence-electron chi connectivity index (χ2n) is 3.09. The van der Waals surface area contributed by atoms with Crippen molar-refractivity contribution in [2.45, 2.75) is 6.54 Å². The zero-order chi connectivity index (χ0) is 11.8. The van der Waals surface area contributed by atoms with Gasteiger partial charge in [-0.1, -0.05) is 11.6 Å². The molecule has 0 saturated heterocycles. The van der Waals surface area contributed by atoms with Gasteiger partial charge in [0.15, 0.2) is 5.96 Å². The van der Waals surface area contributed by atoms with Crippen LogP contribution in [0, 0.1) is 0 Å². The predicted molar refractivity (Wildman–Crippen MR) is 79.9 cm³/mol. The molecule has 1 aromatic heterocycles. The number of nitrogens with zero attached hydrogens (tertiary/aromatic N) is 2. The third-order valence-electron chi connectivity index (χ3n) is 1.81. The molecule has 5 nitrogen and oxygen atoms in total. The van der Waals surface area contributed by atoms with Crippen LogP contribution in [0.5, 0.6) is 0 Å². The first kappa shape index (κ1) is 16.4. The van der Waals surface area contributed by atoms with E-state index in [-0.39, 0.29) is 24.0 Å². The molecule has 0 saturated carbocycles. The van der Waals surface area contributed by atoms with Crippen LogP contribution in [0.4, 0.5) is 0 Å². The Kier molecular flexibility index (Phi) is 9.10. The number of aliphatic imine (C=N–C) groups is 1. The zero-order valence-corrected chi connectivity index (χ0v) is 12.6. The average Bonchev–Trinajstić information content (AvgIpc) is 2.29. The number of methoxy groups -OCH3 is 1. The summed E-state index contributed by atoms with van der Waals surface area (Å²) in [5, 5.41) is 3.52. The van der Waals surface area contributed by atoms with Crippen LogP contribution in [-0.2, 0) is 11.3 Å². The first-order valence-electron chi connectivity index (χ1n) is 4.85. The molecule has 17 heavy (non-hydrogen) atoms. The maximum Gasteiger partial charge on any atom is 0.189 e. The van der Waals surface area contributed by atoms with Crippen molar-refractivity contribution in [3.8, 4) is 0 Å².